The highest BCUT2D eigenvalue weighted by Crippen LogP contribution is 2.33. The molecule has 2 heterocycles. The summed E-state index contributed by atoms with van der Waals surface area (Å²) in [5, 5.41) is 0.438. The number of hydrogen-bond acceptors (Lipinski definition) is 7. The molecule has 1 saturated heterocycles. The maximum atomic E-state index is 14.0. The lowest BCUT2D eigenvalue weighted by molar-refractivity contribution is -0.130. The molecular formula is C38H38N4O7S. The molecule has 1 N–H and O–H groups in total. The first-order chi connectivity index (χ1) is 24.0. The molecule has 1 aromatic heterocycles. The summed E-state index contributed by atoms with van der Waals surface area (Å²) in [5.74, 6) is -1.50. The molecule has 0 aliphatic carbocycles. The van der Waals surface area contributed by atoms with Crippen molar-refractivity contribution in [3.05, 3.63) is 126 Å². The van der Waals surface area contributed by atoms with Gasteiger partial charge in [0, 0.05) is 48.5 Å². The molecule has 2 amide bonds. The van der Waals surface area contributed by atoms with Crippen LogP contribution in [-0.4, -0.2) is 79.6 Å². The summed E-state index contributed by atoms with van der Waals surface area (Å²) in [6.45, 7) is 10.5. The minimum atomic E-state index is -3.97. The Balaban J connectivity index is 0.00000136. The maximum Gasteiger partial charge on any atom is 0.295 e. The average Bonchev–Trinajstić information content (AvgIpc) is 3.54. The molecule has 258 valence electrons. The zero-order valence-electron chi connectivity index (χ0n) is 28.0. The number of nitrogens with one attached hydrogen (secondary N) is 1. The molecule has 1 aliphatic heterocycles. The van der Waals surface area contributed by atoms with Crippen molar-refractivity contribution in [2.24, 2.45) is 0 Å². The van der Waals surface area contributed by atoms with Crippen LogP contribution in [0.4, 0.5) is 5.69 Å². The molecule has 4 aromatic carbocycles. The number of carbonyl (C=O) groups excluding carboxylic acids is 5. The van der Waals surface area contributed by atoms with Crippen molar-refractivity contribution < 1.29 is 32.4 Å². The summed E-state index contributed by atoms with van der Waals surface area (Å²) in [7, 11) is -3.97. The fourth-order valence-electron chi connectivity index (χ4n) is 5.83. The van der Waals surface area contributed by atoms with Crippen LogP contribution in [0, 0.1) is 13.8 Å². The number of aryl methyl sites for hydroxylation is 2. The number of benzene rings is 4. The lowest BCUT2D eigenvalue weighted by Gasteiger charge is -2.39. The number of rotatable bonds is 7. The van der Waals surface area contributed by atoms with Gasteiger partial charge in [-0.2, -0.15) is 0 Å². The molecular weight excluding hydrogens is 657 g/mol. The lowest BCUT2D eigenvalue weighted by atomic mass is 10.1. The Kier molecular flexibility index (Phi) is 11.8. The van der Waals surface area contributed by atoms with Crippen molar-refractivity contribution in [1.82, 2.24) is 14.4 Å². The number of ketones is 1. The van der Waals surface area contributed by atoms with E-state index in [1.165, 1.54) is 4.90 Å². The van der Waals surface area contributed by atoms with Gasteiger partial charge in [-0.05, 0) is 63.2 Å². The second-order valence-electron chi connectivity index (χ2n) is 11.7. The van der Waals surface area contributed by atoms with Crippen LogP contribution in [0.2, 0.25) is 0 Å². The van der Waals surface area contributed by atoms with Gasteiger partial charge in [0.1, 0.15) is 13.6 Å². The smallest absolute Gasteiger partial charge is 0.295 e. The van der Waals surface area contributed by atoms with Crippen LogP contribution < -0.4 is 4.72 Å². The Labute approximate surface area is 291 Å². The average molecular weight is 695 g/mol. The molecule has 0 saturated carbocycles. The Morgan fingerprint density at radius 3 is 1.96 bits per heavy atom. The van der Waals surface area contributed by atoms with Crippen molar-refractivity contribution in [2.45, 2.75) is 31.7 Å². The zero-order valence-corrected chi connectivity index (χ0v) is 28.9. The number of piperazine rings is 1. The van der Waals surface area contributed by atoms with Gasteiger partial charge in [0.25, 0.3) is 27.6 Å². The predicted octanol–water partition coefficient (Wildman–Crippen LogP) is 5.23. The molecule has 0 bridgehead atoms. The predicted molar refractivity (Wildman–Crippen MR) is 192 cm³/mol. The molecule has 1 fully saturated rings. The van der Waals surface area contributed by atoms with E-state index in [2.05, 4.69) is 4.72 Å². The van der Waals surface area contributed by atoms with E-state index in [4.69, 9.17) is 9.59 Å². The molecule has 0 unspecified atom stereocenters. The molecule has 6 rings (SSSR count). The third kappa shape index (κ3) is 7.71. The summed E-state index contributed by atoms with van der Waals surface area (Å²) in [6, 6.07) is 27.7. The molecule has 5 aromatic rings. The van der Waals surface area contributed by atoms with Gasteiger partial charge in [-0.1, -0.05) is 65.7 Å². The first-order valence-corrected chi connectivity index (χ1v) is 17.1. The number of hydrogen-bond donors (Lipinski definition) is 1. The molecule has 11 nitrogen and oxygen atoms in total. The Morgan fingerprint density at radius 1 is 0.760 bits per heavy atom. The minimum absolute atomic E-state index is 0.105. The van der Waals surface area contributed by atoms with E-state index < -0.39 is 21.7 Å². The standard InChI is InChI=1S/C36H34N4O5S.2CH2O/c1-24-12-16-28(17-13-24)40-23-31(30-10-7-11-32(33(30)40)37-46(44,45)29-18-14-25(2)15-19-29)34(41)36(43)39-21-20-38(22-26(39)3)35(42)27-8-5-4-6-9-27;2*1-2/h4-19,23,26,37H,20-22H2,1-3H3;2*1H2/t26-;;/m1../s1. The molecule has 12 heteroatoms. The van der Waals surface area contributed by atoms with E-state index in [9.17, 15) is 22.8 Å². The van der Waals surface area contributed by atoms with E-state index in [1.807, 2.05) is 64.7 Å². The molecule has 50 heavy (non-hydrogen) atoms. The van der Waals surface area contributed by atoms with E-state index in [0.29, 0.717) is 35.2 Å². The SMILES string of the molecule is C=O.C=O.Cc1ccc(-n2cc(C(=O)C(=O)N3CCN(C(=O)c4ccccc4)C[C@H]3C)c3cccc(NS(=O)(=O)c4ccc(C)cc4)c32)cc1. The van der Waals surface area contributed by atoms with Crippen molar-refractivity contribution >= 4 is 57.8 Å². The van der Waals surface area contributed by atoms with Gasteiger partial charge in [-0.3, -0.25) is 19.1 Å². The Bertz CT molecular complexity index is 2090. The lowest BCUT2D eigenvalue weighted by Crippen LogP contribution is -2.56. The van der Waals surface area contributed by atoms with Crippen LogP contribution >= 0.6 is 0 Å². The number of Topliss-reactive ketones (excluding diaryl/α,β-unsaturated/α-hetero) is 1. The number of para-hydroxylation sites is 1. The van der Waals surface area contributed by atoms with E-state index >= 15 is 0 Å². The number of aromatic nitrogens is 1. The van der Waals surface area contributed by atoms with Gasteiger partial charge in [0.2, 0.25) is 0 Å². The molecule has 0 radical (unpaired) electrons. The molecule has 1 atom stereocenters. The fraction of sp³-hybridized carbons (Fsp3) is 0.184. The monoisotopic (exact) mass is 694 g/mol. The van der Waals surface area contributed by atoms with Crippen LogP contribution in [0.15, 0.2) is 108 Å². The van der Waals surface area contributed by atoms with Crippen molar-refractivity contribution in [2.75, 3.05) is 24.4 Å². The Hall–Kier alpha value is -5.88. The van der Waals surface area contributed by atoms with Crippen LogP contribution in [0.3, 0.4) is 0 Å². The summed E-state index contributed by atoms with van der Waals surface area (Å²) in [5.41, 5.74) is 4.11. The Morgan fingerprint density at radius 2 is 1.36 bits per heavy atom. The molecule has 1 aliphatic rings. The first kappa shape index (κ1) is 36.9. The third-order valence-corrected chi connectivity index (χ3v) is 9.73. The largest absolute Gasteiger partial charge is 0.335 e. The third-order valence-electron chi connectivity index (χ3n) is 8.35. The quantitative estimate of drug-likeness (QED) is 0.182. The summed E-state index contributed by atoms with van der Waals surface area (Å²) >= 11 is 0. The van der Waals surface area contributed by atoms with Crippen LogP contribution in [0.25, 0.3) is 16.6 Å². The first-order valence-electron chi connectivity index (χ1n) is 15.6. The van der Waals surface area contributed by atoms with E-state index in [0.717, 1.165) is 11.1 Å². The summed E-state index contributed by atoms with van der Waals surface area (Å²) in [6.07, 6.45) is 1.60. The van der Waals surface area contributed by atoms with E-state index in [-0.39, 0.29) is 34.6 Å². The number of carbonyl (C=O) groups is 5. The van der Waals surface area contributed by atoms with Gasteiger partial charge in [-0.15, -0.1) is 0 Å². The highest BCUT2D eigenvalue weighted by atomic mass is 32.2. The second kappa shape index (κ2) is 16.0. The normalized spacial score (nSPS) is 14.1. The fourth-order valence-corrected chi connectivity index (χ4v) is 6.90. The van der Waals surface area contributed by atoms with Gasteiger partial charge in [0.05, 0.1) is 21.7 Å². The van der Waals surface area contributed by atoms with Crippen LogP contribution in [0.1, 0.15) is 38.8 Å². The van der Waals surface area contributed by atoms with Gasteiger partial charge in [-0.25, -0.2) is 8.42 Å². The van der Waals surface area contributed by atoms with Gasteiger partial charge in [0.15, 0.2) is 0 Å². The van der Waals surface area contributed by atoms with Crippen LogP contribution in [-0.2, 0) is 24.4 Å². The van der Waals surface area contributed by atoms with Crippen molar-refractivity contribution in [3.63, 3.8) is 0 Å². The minimum Gasteiger partial charge on any atom is -0.335 e. The number of sulfonamides is 1. The highest BCUT2D eigenvalue weighted by molar-refractivity contribution is 7.92. The summed E-state index contributed by atoms with van der Waals surface area (Å²) < 4.78 is 31.3. The number of anilines is 1. The van der Waals surface area contributed by atoms with Gasteiger partial charge < -0.3 is 24.0 Å². The summed E-state index contributed by atoms with van der Waals surface area (Å²) in [4.78, 5) is 60.1. The topological polar surface area (TPSA) is 143 Å². The van der Waals surface area contributed by atoms with Crippen molar-refractivity contribution in [3.8, 4) is 5.69 Å². The second-order valence-corrected chi connectivity index (χ2v) is 13.3. The zero-order chi connectivity index (χ0) is 36.6. The van der Waals surface area contributed by atoms with E-state index in [1.54, 1.807) is 82.4 Å². The van der Waals surface area contributed by atoms with Crippen LogP contribution in [0.5, 0.6) is 0 Å². The number of fused-ring (bicyclic) bond motifs is 1. The maximum absolute atomic E-state index is 14.0. The number of nitrogens with zero attached hydrogens (tertiary/aromatic N) is 3. The van der Waals surface area contributed by atoms with Crippen molar-refractivity contribution in [1.29, 1.82) is 0 Å². The number of amides is 2. The highest BCUT2D eigenvalue weighted by Gasteiger charge is 2.35. The molecule has 0 spiro atoms. The van der Waals surface area contributed by atoms with Gasteiger partial charge >= 0.3 is 0 Å².